The number of aryl methyl sites for hydroxylation is 2. The molecule has 1 aromatic carbocycles. The lowest BCUT2D eigenvalue weighted by Crippen LogP contribution is -2.32. The first-order chi connectivity index (χ1) is 9.95. The molecule has 110 valence electrons. The molecule has 0 aliphatic rings. The van der Waals surface area contributed by atoms with Crippen molar-refractivity contribution in [2.45, 2.75) is 26.8 Å². The van der Waals surface area contributed by atoms with Gasteiger partial charge in [-0.05, 0) is 50.1 Å². The summed E-state index contributed by atoms with van der Waals surface area (Å²) in [6.45, 7) is 5.70. The predicted octanol–water partition coefficient (Wildman–Crippen LogP) is 2.78. The predicted molar refractivity (Wildman–Crippen MR) is 82.5 cm³/mol. The minimum Gasteiger partial charge on any atom is -0.439 e. The van der Waals surface area contributed by atoms with E-state index in [-0.39, 0.29) is 5.91 Å². The summed E-state index contributed by atoms with van der Waals surface area (Å²) < 4.78 is 5.67. The zero-order chi connectivity index (χ0) is 15.4. The van der Waals surface area contributed by atoms with Crippen molar-refractivity contribution in [3.8, 4) is 11.6 Å². The summed E-state index contributed by atoms with van der Waals surface area (Å²) in [6.07, 6.45) is 1.54. The maximum absolute atomic E-state index is 11.5. The summed E-state index contributed by atoms with van der Waals surface area (Å²) in [5.74, 6) is 0.953. The molecule has 0 spiro atoms. The summed E-state index contributed by atoms with van der Waals surface area (Å²) in [5, 5.41) is 2.67. The van der Waals surface area contributed by atoms with Crippen molar-refractivity contribution in [2.75, 3.05) is 5.32 Å². The average Bonchev–Trinajstić information content (AvgIpc) is 2.45. The molecule has 5 nitrogen and oxygen atoms in total. The minimum absolute atomic E-state index is 0.250. The second kappa shape index (κ2) is 6.37. The van der Waals surface area contributed by atoms with Gasteiger partial charge in [-0.25, -0.2) is 4.98 Å². The maximum Gasteiger partial charge on any atom is 0.241 e. The number of benzene rings is 1. The Balaban J connectivity index is 2.05. The zero-order valence-corrected chi connectivity index (χ0v) is 12.4. The standard InChI is InChI=1S/C16H19N3O2/c1-10-4-6-14(8-11(10)2)21-15-7-5-13(9-18-15)19-16(20)12(3)17/h4-9,12H,17H2,1-3H3,(H,19,20)/t12-/m1/s1. The molecule has 3 N–H and O–H groups in total. The van der Waals surface area contributed by atoms with Gasteiger partial charge in [-0.1, -0.05) is 6.07 Å². The maximum atomic E-state index is 11.5. The molecule has 1 aromatic heterocycles. The van der Waals surface area contributed by atoms with Crippen LogP contribution in [0.4, 0.5) is 5.69 Å². The molecule has 2 aromatic rings. The second-order valence-corrected chi connectivity index (χ2v) is 5.01. The van der Waals surface area contributed by atoms with Crippen LogP contribution in [0.5, 0.6) is 11.6 Å². The summed E-state index contributed by atoms with van der Waals surface area (Å²) in [7, 11) is 0. The van der Waals surface area contributed by atoms with E-state index in [0.717, 1.165) is 11.3 Å². The molecule has 1 amide bonds. The van der Waals surface area contributed by atoms with Gasteiger partial charge in [0.15, 0.2) is 0 Å². The fourth-order valence-corrected chi connectivity index (χ4v) is 1.67. The van der Waals surface area contributed by atoms with Crippen molar-refractivity contribution in [1.29, 1.82) is 0 Å². The van der Waals surface area contributed by atoms with Crippen LogP contribution < -0.4 is 15.8 Å². The summed E-state index contributed by atoms with van der Waals surface area (Å²) in [4.78, 5) is 15.6. The van der Waals surface area contributed by atoms with Crippen molar-refractivity contribution < 1.29 is 9.53 Å². The number of carbonyl (C=O) groups excluding carboxylic acids is 1. The van der Waals surface area contributed by atoms with E-state index in [1.54, 1.807) is 19.1 Å². The Kier molecular flexibility index (Phi) is 4.55. The Bertz CT molecular complexity index is 636. The van der Waals surface area contributed by atoms with Gasteiger partial charge in [0.05, 0.1) is 17.9 Å². The van der Waals surface area contributed by atoms with Gasteiger partial charge in [-0.2, -0.15) is 0 Å². The number of anilines is 1. The van der Waals surface area contributed by atoms with E-state index in [0.29, 0.717) is 11.6 Å². The molecule has 0 radical (unpaired) electrons. The molecule has 0 bridgehead atoms. The van der Waals surface area contributed by atoms with E-state index in [4.69, 9.17) is 10.5 Å². The first kappa shape index (κ1) is 15.0. The van der Waals surface area contributed by atoms with Gasteiger partial charge in [0.1, 0.15) is 5.75 Å². The lowest BCUT2D eigenvalue weighted by Gasteiger charge is -2.09. The van der Waals surface area contributed by atoms with Crippen LogP contribution in [0.3, 0.4) is 0 Å². The second-order valence-electron chi connectivity index (χ2n) is 5.01. The van der Waals surface area contributed by atoms with Gasteiger partial charge in [-0.3, -0.25) is 4.79 Å². The highest BCUT2D eigenvalue weighted by molar-refractivity contribution is 5.94. The Labute approximate surface area is 124 Å². The number of nitrogens with zero attached hydrogens (tertiary/aromatic N) is 1. The third-order valence-corrected chi connectivity index (χ3v) is 3.12. The smallest absolute Gasteiger partial charge is 0.241 e. The third-order valence-electron chi connectivity index (χ3n) is 3.12. The minimum atomic E-state index is -0.559. The molecule has 0 fully saturated rings. The Morgan fingerprint density at radius 2 is 2.00 bits per heavy atom. The lowest BCUT2D eigenvalue weighted by atomic mass is 10.1. The number of amides is 1. The van der Waals surface area contributed by atoms with Crippen molar-refractivity contribution in [2.24, 2.45) is 5.73 Å². The number of nitrogens with one attached hydrogen (secondary N) is 1. The summed E-state index contributed by atoms with van der Waals surface area (Å²) in [5.41, 5.74) is 8.45. The summed E-state index contributed by atoms with van der Waals surface area (Å²) >= 11 is 0. The molecule has 1 heterocycles. The fraction of sp³-hybridized carbons (Fsp3) is 0.250. The van der Waals surface area contributed by atoms with E-state index in [1.807, 2.05) is 32.0 Å². The SMILES string of the molecule is Cc1ccc(Oc2ccc(NC(=O)[C@@H](C)N)cn2)cc1C. The van der Waals surface area contributed by atoms with Gasteiger partial charge in [0.2, 0.25) is 11.8 Å². The molecule has 1 atom stereocenters. The van der Waals surface area contributed by atoms with Crippen LogP contribution in [-0.2, 0) is 4.79 Å². The average molecular weight is 285 g/mol. The topological polar surface area (TPSA) is 77.2 Å². The number of ether oxygens (including phenoxy) is 1. The van der Waals surface area contributed by atoms with E-state index in [9.17, 15) is 4.79 Å². The van der Waals surface area contributed by atoms with Crippen molar-refractivity contribution >= 4 is 11.6 Å². The first-order valence-electron chi connectivity index (χ1n) is 6.73. The number of hydrogen-bond donors (Lipinski definition) is 2. The van der Waals surface area contributed by atoms with Crippen LogP contribution in [0.2, 0.25) is 0 Å². The van der Waals surface area contributed by atoms with Crippen molar-refractivity contribution in [1.82, 2.24) is 4.98 Å². The van der Waals surface area contributed by atoms with Gasteiger partial charge >= 0.3 is 0 Å². The van der Waals surface area contributed by atoms with E-state index < -0.39 is 6.04 Å². The molecular weight excluding hydrogens is 266 g/mol. The number of carbonyl (C=O) groups is 1. The number of aromatic nitrogens is 1. The Morgan fingerprint density at radius 3 is 2.57 bits per heavy atom. The van der Waals surface area contributed by atoms with Crippen LogP contribution in [0.25, 0.3) is 0 Å². The van der Waals surface area contributed by atoms with Crippen LogP contribution in [0, 0.1) is 13.8 Å². The molecule has 2 rings (SSSR count). The molecule has 0 unspecified atom stereocenters. The van der Waals surface area contributed by atoms with E-state index >= 15 is 0 Å². The molecule has 0 saturated heterocycles. The summed E-state index contributed by atoms with van der Waals surface area (Å²) in [6, 6.07) is 8.73. The van der Waals surface area contributed by atoms with Gasteiger partial charge < -0.3 is 15.8 Å². The number of rotatable bonds is 4. The van der Waals surface area contributed by atoms with Crippen LogP contribution >= 0.6 is 0 Å². The number of pyridine rings is 1. The highest BCUT2D eigenvalue weighted by Gasteiger charge is 2.08. The molecule has 5 heteroatoms. The zero-order valence-electron chi connectivity index (χ0n) is 12.4. The van der Waals surface area contributed by atoms with Crippen LogP contribution in [0.1, 0.15) is 18.1 Å². The first-order valence-corrected chi connectivity index (χ1v) is 6.73. The highest BCUT2D eigenvalue weighted by atomic mass is 16.5. The van der Waals surface area contributed by atoms with E-state index in [2.05, 4.69) is 10.3 Å². The quantitative estimate of drug-likeness (QED) is 0.905. The van der Waals surface area contributed by atoms with Crippen LogP contribution in [0.15, 0.2) is 36.5 Å². The monoisotopic (exact) mass is 285 g/mol. The third kappa shape index (κ3) is 4.03. The molecule has 0 saturated carbocycles. The molecule has 21 heavy (non-hydrogen) atoms. The highest BCUT2D eigenvalue weighted by Crippen LogP contribution is 2.22. The lowest BCUT2D eigenvalue weighted by molar-refractivity contribution is -0.117. The molecular formula is C16H19N3O2. The largest absolute Gasteiger partial charge is 0.439 e. The van der Waals surface area contributed by atoms with Crippen LogP contribution in [-0.4, -0.2) is 16.9 Å². The van der Waals surface area contributed by atoms with Gasteiger partial charge in [-0.15, -0.1) is 0 Å². The molecule has 0 aliphatic carbocycles. The molecule has 0 aliphatic heterocycles. The Hall–Kier alpha value is -2.40. The van der Waals surface area contributed by atoms with Gasteiger partial charge in [0.25, 0.3) is 0 Å². The Morgan fingerprint density at radius 1 is 1.24 bits per heavy atom. The fourth-order valence-electron chi connectivity index (χ4n) is 1.67. The van der Waals surface area contributed by atoms with Crippen molar-refractivity contribution in [3.63, 3.8) is 0 Å². The van der Waals surface area contributed by atoms with Crippen molar-refractivity contribution in [3.05, 3.63) is 47.7 Å². The normalized spacial score (nSPS) is 11.8. The van der Waals surface area contributed by atoms with Gasteiger partial charge in [0, 0.05) is 6.07 Å². The number of nitrogens with two attached hydrogens (primary N) is 1. The number of hydrogen-bond acceptors (Lipinski definition) is 4. The van der Waals surface area contributed by atoms with E-state index in [1.165, 1.54) is 11.8 Å².